The number of fused-ring (bicyclic) bond motifs is 1. The van der Waals surface area contributed by atoms with Crippen molar-refractivity contribution in [2.75, 3.05) is 0 Å². The average molecular weight is 223 g/mol. The number of hydrogen-bond acceptors (Lipinski definition) is 1. The van der Waals surface area contributed by atoms with Gasteiger partial charge in [-0.1, -0.05) is 22.5 Å². The lowest BCUT2D eigenvalue weighted by Crippen LogP contribution is -1.85. The van der Waals surface area contributed by atoms with Gasteiger partial charge in [-0.2, -0.15) is 0 Å². The third-order valence-electron chi connectivity index (χ3n) is 1.71. The fourth-order valence-electron chi connectivity index (χ4n) is 1.13. The van der Waals surface area contributed by atoms with E-state index in [1.807, 2.05) is 22.7 Å². The van der Waals surface area contributed by atoms with E-state index in [0.29, 0.717) is 0 Å². The van der Waals surface area contributed by atoms with Crippen molar-refractivity contribution in [3.63, 3.8) is 0 Å². The Morgan fingerprint density at radius 1 is 1.58 bits per heavy atom. The van der Waals surface area contributed by atoms with Gasteiger partial charge in [0, 0.05) is 10.7 Å². The molecule has 0 aliphatic carbocycles. The highest BCUT2D eigenvalue weighted by atomic mass is 79.9. The van der Waals surface area contributed by atoms with Crippen molar-refractivity contribution in [2.24, 2.45) is 0 Å². The van der Waals surface area contributed by atoms with Gasteiger partial charge in [-0.25, -0.2) is 4.98 Å². The Kier molecular flexibility index (Phi) is 1.73. The third-order valence-corrected chi connectivity index (χ3v) is 2.21. The van der Waals surface area contributed by atoms with Gasteiger partial charge in [0.2, 0.25) is 0 Å². The number of aromatic nitrogens is 2. The average Bonchev–Trinajstić information content (AvgIpc) is 2.46. The summed E-state index contributed by atoms with van der Waals surface area (Å²) in [5, 5.41) is 0. The van der Waals surface area contributed by atoms with Crippen LogP contribution in [0.5, 0.6) is 0 Å². The first kappa shape index (κ1) is 7.55. The summed E-state index contributed by atoms with van der Waals surface area (Å²) < 4.78 is 3.02. The highest BCUT2D eigenvalue weighted by Crippen LogP contribution is 2.14. The predicted octanol–water partition coefficient (Wildman–Crippen LogP) is 2.74. The molecular formula is C9H7BrN2. The van der Waals surface area contributed by atoms with Crippen LogP contribution in [0.25, 0.3) is 11.7 Å². The van der Waals surface area contributed by atoms with Gasteiger partial charge in [-0.15, -0.1) is 0 Å². The van der Waals surface area contributed by atoms with Gasteiger partial charge in [-0.3, -0.25) is 0 Å². The lowest BCUT2D eigenvalue weighted by molar-refractivity contribution is 1.16. The first-order chi connectivity index (χ1) is 5.81. The molecule has 0 aromatic carbocycles. The molecule has 0 radical (unpaired) electrons. The number of pyridine rings is 1. The summed E-state index contributed by atoms with van der Waals surface area (Å²) in [5.41, 5.74) is 1.94. The van der Waals surface area contributed by atoms with E-state index in [4.69, 9.17) is 0 Å². The zero-order chi connectivity index (χ0) is 8.55. The topological polar surface area (TPSA) is 17.3 Å². The SMILES string of the molecule is C=Cc1cnc2cc(Br)ccn12. The molecule has 2 rings (SSSR count). The molecule has 2 nitrogen and oxygen atoms in total. The van der Waals surface area contributed by atoms with Crippen LogP contribution in [-0.2, 0) is 0 Å². The minimum absolute atomic E-state index is 0.930. The van der Waals surface area contributed by atoms with E-state index >= 15 is 0 Å². The molecule has 0 aliphatic rings. The van der Waals surface area contributed by atoms with Crippen molar-refractivity contribution < 1.29 is 0 Å². The van der Waals surface area contributed by atoms with Crippen LogP contribution in [0.15, 0.2) is 35.6 Å². The van der Waals surface area contributed by atoms with Crippen molar-refractivity contribution in [1.82, 2.24) is 9.38 Å². The third kappa shape index (κ3) is 1.06. The Hall–Kier alpha value is -1.09. The molecule has 2 heterocycles. The molecule has 0 bridgehead atoms. The normalized spacial score (nSPS) is 10.4. The highest BCUT2D eigenvalue weighted by Gasteiger charge is 1.98. The molecule has 0 spiro atoms. The summed E-state index contributed by atoms with van der Waals surface area (Å²) >= 11 is 3.38. The Labute approximate surface area is 78.7 Å². The number of nitrogens with zero attached hydrogens (tertiary/aromatic N) is 2. The van der Waals surface area contributed by atoms with Crippen LogP contribution < -0.4 is 0 Å². The van der Waals surface area contributed by atoms with Crippen LogP contribution in [0.2, 0.25) is 0 Å². The molecule has 60 valence electrons. The van der Waals surface area contributed by atoms with E-state index in [1.165, 1.54) is 0 Å². The largest absolute Gasteiger partial charge is 0.300 e. The summed E-state index contributed by atoms with van der Waals surface area (Å²) in [4.78, 5) is 4.21. The second-order valence-corrected chi connectivity index (χ2v) is 3.38. The molecule has 0 atom stereocenters. The summed E-state index contributed by atoms with van der Waals surface area (Å²) in [5.74, 6) is 0. The Morgan fingerprint density at radius 2 is 2.42 bits per heavy atom. The smallest absolute Gasteiger partial charge is 0.138 e. The standard InChI is InChI=1S/C9H7BrN2/c1-2-8-6-11-9-5-7(10)3-4-12(8)9/h2-6H,1H2. The van der Waals surface area contributed by atoms with Crippen molar-refractivity contribution in [3.8, 4) is 0 Å². The molecule has 12 heavy (non-hydrogen) atoms. The van der Waals surface area contributed by atoms with Gasteiger partial charge in [0.25, 0.3) is 0 Å². The van der Waals surface area contributed by atoms with Gasteiger partial charge in [0.15, 0.2) is 0 Å². The summed E-state index contributed by atoms with van der Waals surface area (Å²) in [6.07, 6.45) is 5.55. The van der Waals surface area contributed by atoms with Crippen molar-refractivity contribution in [3.05, 3.63) is 41.3 Å². The molecular weight excluding hydrogens is 216 g/mol. The molecule has 0 N–H and O–H groups in total. The van der Waals surface area contributed by atoms with Crippen molar-refractivity contribution >= 4 is 27.7 Å². The zero-order valence-electron chi connectivity index (χ0n) is 6.37. The van der Waals surface area contributed by atoms with Crippen molar-refractivity contribution in [2.45, 2.75) is 0 Å². The second-order valence-electron chi connectivity index (χ2n) is 2.46. The molecule has 0 fully saturated rings. The predicted molar refractivity (Wildman–Crippen MR) is 53.0 cm³/mol. The molecule has 0 saturated carbocycles. The highest BCUT2D eigenvalue weighted by molar-refractivity contribution is 9.10. The van der Waals surface area contributed by atoms with Crippen LogP contribution in [0.3, 0.4) is 0 Å². The fraction of sp³-hybridized carbons (Fsp3) is 0. The molecule has 0 amide bonds. The number of hydrogen-bond donors (Lipinski definition) is 0. The van der Waals surface area contributed by atoms with E-state index in [1.54, 1.807) is 12.3 Å². The van der Waals surface area contributed by atoms with Gasteiger partial charge in [0.05, 0.1) is 11.9 Å². The molecule has 2 aromatic heterocycles. The summed E-state index contributed by atoms with van der Waals surface area (Å²) in [6, 6.07) is 3.94. The van der Waals surface area contributed by atoms with Crippen LogP contribution in [0, 0.1) is 0 Å². The lowest BCUT2D eigenvalue weighted by atomic mass is 10.4. The minimum atomic E-state index is 0.930. The van der Waals surface area contributed by atoms with E-state index in [2.05, 4.69) is 27.5 Å². The zero-order valence-corrected chi connectivity index (χ0v) is 7.95. The molecule has 0 saturated heterocycles. The quantitative estimate of drug-likeness (QED) is 0.726. The first-order valence-electron chi connectivity index (χ1n) is 3.56. The van der Waals surface area contributed by atoms with Gasteiger partial charge in [-0.05, 0) is 18.2 Å². The van der Waals surface area contributed by atoms with Crippen LogP contribution in [0.1, 0.15) is 5.69 Å². The van der Waals surface area contributed by atoms with Crippen LogP contribution >= 0.6 is 15.9 Å². The van der Waals surface area contributed by atoms with Gasteiger partial charge in [0.1, 0.15) is 5.65 Å². The Bertz CT molecular complexity index is 431. The van der Waals surface area contributed by atoms with Gasteiger partial charge >= 0.3 is 0 Å². The lowest BCUT2D eigenvalue weighted by Gasteiger charge is -1.95. The molecule has 0 unspecified atom stereocenters. The van der Waals surface area contributed by atoms with Crippen LogP contribution in [-0.4, -0.2) is 9.38 Å². The van der Waals surface area contributed by atoms with Gasteiger partial charge < -0.3 is 4.40 Å². The second kappa shape index (κ2) is 2.75. The maximum absolute atomic E-state index is 4.21. The van der Waals surface area contributed by atoms with Crippen molar-refractivity contribution in [1.29, 1.82) is 0 Å². The first-order valence-corrected chi connectivity index (χ1v) is 4.35. The van der Waals surface area contributed by atoms with Crippen LogP contribution in [0.4, 0.5) is 0 Å². The number of rotatable bonds is 1. The van der Waals surface area contributed by atoms with E-state index in [9.17, 15) is 0 Å². The maximum Gasteiger partial charge on any atom is 0.138 e. The van der Waals surface area contributed by atoms with E-state index in [0.717, 1.165) is 15.8 Å². The Morgan fingerprint density at radius 3 is 3.17 bits per heavy atom. The molecule has 3 heteroatoms. The summed E-state index contributed by atoms with van der Waals surface area (Å²) in [6.45, 7) is 3.70. The summed E-state index contributed by atoms with van der Waals surface area (Å²) in [7, 11) is 0. The maximum atomic E-state index is 4.21. The Balaban J connectivity index is 2.81. The molecule has 0 aliphatic heterocycles. The minimum Gasteiger partial charge on any atom is -0.300 e. The monoisotopic (exact) mass is 222 g/mol. The number of imidazole rings is 1. The van der Waals surface area contributed by atoms with E-state index in [-0.39, 0.29) is 0 Å². The van der Waals surface area contributed by atoms with E-state index < -0.39 is 0 Å². The number of halogens is 1. The fourth-order valence-corrected chi connectivity index (χ4v) is 1.45. The molecule has 2 aromatic rings.